The van der Waals surface area contributed by atoms with Gasteiger partial charge in [-0.3, -0.25) is 9.59 Å². The molecule has 0 saturated carbocycles. The molecule has 32 heavy (non-hydrogen) atoms. The number of piperidine rings is 1. The van der Waals surface area contributed by atoms with Crippen molar-refractivity contribution >= 4 is 39.1 Å². The van der Waals surface area contributed by atoms with E-state index in [2.05, 4.69) is 5.32 Å². The Kier molecular flexibility index (Phi) is 6.83. The van der Waals surface area contributed by atoms with Gasteiger partial charge in [0, 0.05) is 43.3 Å². The fourth-order valence-corrected chi connectivity index (χ4v) is 5.83. The van der Waals surface area contributed by atoms with Crippen molar-refractivity contribution in [3.63, 3.8) is 0 Å². The van der Waals surface area contributed by atoms with Crippen LogP contribution in [-0.2, 0) is 26.2 Å². The Bertz CT molecular complexity index is 1090. The molecule has 1 N–H and O–H groups in total. The predicted molar refractivity (Wildman–Crippen MR) is 123 cm³/mol. The van der Waals surface area contributed by atoms with Crippen LogP contribution in [0.2, 0.25) is 5.02 Å². The molecule has 2 saturated heterocycles. The first-order chi connectivity index (χ1) is 15.3. The van der Waals surface area contributed by atoms with Crippen molar-refractivity contribution in [3.05, 3.63) is 59.1 Å². The summed E-state index contributed by atoms with van der Waals surface area (Å²) >= 11 is 5.87. The third kappa shape index (κ3) is 4.98. The first-order valence-electron chi connectivity index (χ1n) is 10.8. The molecule has 1 unspecified atom stereocenters. The average Bonchev–Trinajstić information content (AvgIpc) is 3.24. The van der Waals surface area contributed by atoms with Gasteiger partial charge in [-0.05, 0) is 61.2 Å². The molecule has 0 bridgehead atoms. The minimum absolute atomic E-state index is 0.140. The topological polar surface area (TPSA) is 86.8 Å². The largest absolute Gasteiger partial charge is 0.352 e. The highest BCUT2D eigenvalue weighted by Crippen LogP contribution is 2.25. The van der Waals surface area contributed by atoms with Gasteiger partial charge in [-0.25, -0.2) is 8.42 Å². The highest BCUT2D eigenvalue weighted by Gasteiger charge is 2.33. The number of sulfonamides is 1. The first-order valence-corrected chi connectivity index (χ1v) is 12.6. The lowest BCUT2D eigenvalue weighted by Crippen LogP contribution is -2.45. The van der Waals surface area contributed by atoms with Crippen LogP contribution in [0.25, 0.3) is 0 Å². The Morgan fingerprint density at radius 3 is 2.41 bits per heavy atom. The number of anilines is 1. The molecule has 4 rings (SSSR count). The normalized spacial score (nSPS) is 19.8. The minimum atomic E-state index is -3.67. The second kappa shape index (κ2) is 9.60. The maximum Gasteiger partial charge on any atom is 0.243 e. The van der Waals surface area contributed by atoms with E-state index in [1.54, 1.807) is 17.0 Å². The number of rotatable bonds is 6. The van der Waals surface area contributed by atoms with Crippen LogP contribution >= 0.6 is 11.6 Å². The van der Waals surface area contributed by atoms with Crippen LogP contribution in [0.15, 0.2) is 53.4 Å². The molecule has 0 aliphatic carbocycles. The van der Waals surface area contributed by atoms with Gasteiger partial charge < -0.3 is 10.2 Å². The molecule has 2 fully saturated rings. The smallest absolute Gasteiger partial charge is 0.243 e. The van der Waals surface area contributed by atoms with Crippen molar-refractivity contribution in [2.24, 2.45) is 5.92 Å². The molecule has 7 nitrogen and oxygen atoms in total. The maximum absolute atomic E-state index is 12.9. The van der Waals surface area contributed by atoms with E-state index in [1.807, 2.05) is 24.3 Å². The molecule has 2 aromatic carbocycles. The third-order valence-electron chi connectivity index (χ3n) is 5.99. The van der Waals surface area contributed by atoms with Crippen molar-refractivity contribution in [1.29, 1.82) is 0 Å². The van der Waals surface area contributed by atoms with Crippen molar-refractivity contribution in [3.8, 4) is 0 Å². The Morgan fingerprint density at radius 1 is 1.03 bits per heavy atom. The van der Waals surface area contributed by atoms with Crippen LogP contribution in [0.3, 0.4) is 0 Å². The SMILES string of the molecule is O=C(NCc1ccc(N2CCCC2=O)cc1)C1CCCN(S(=O)(=O)c2ccc(Cl)cc2)C1. The van der Waals surface area contributed by atoms with Crippen LogP contribution in [0.5, 0.6) is 0 Å². The molecule has 2 amide bonds. The molecule has 170 valence electrons. The summed E-state index contributed by atoms with van der Waals surface area (Å²) in [5.41, 5.74) is 1.80. The Morgan fingerprint density at radius 2 is 1.75 bits per heavy atom. The number of amides is 2. The van der Waals surface area contributed by atoms with Gasteiger partial charge in [-0.15, -0.1) is 0 Å². The summed E-state index contributed by atoms with van der Waals surface area (Å²) < 4.78 is 27.2. The highest BCUT2D eigenvalue weighted by atomic mass is 35.5. The average molecular weight is 476 g/mol. The van der Waals surface area contributed by atoms with Gasteiger partial charge in [-0.2, -0.15) is 4.31 Å². The summed E-state index contributed by atoms with van der Waals surface area (Å²) in [6, 6.07) is 13.7. The van der Waals surface area contributed by atoms with Crippen molar-refractivity contribution < 1.29 is 18.0 Å². The Labute approximate surface area is 193 Å². The van der Waals surface area contributed by atoms with E-state index in [0.29, 0.717) is 37.4 Å². The molecule has 9 heteroatoms. The van der Waals surface area contributed by atoms with Crippen LogP contribution in [0.1, 0.15) is 31.2 Å². The van der Waals surface area contributed by atoms with E-state index in [4.69, 9.17) is 11.6 Å². The number of halogens is 1. The van der Waals surface area contributed by atoms with E-state index >= 15 is 0 Å². The molecule has 1 atom stereocenters. The summed E-state index contributed by atoms with van der Waals surface area (Å²) in [7, 11) is -3.67. The lowest BCUT2D eigenvalue weighted by atomic mass is 9.98. The minimum Gasteiger partial charge on any atom is -0.352 e. The number of hydrogen-bond acceptors (Lipinski definition) is 4. The molecule has 2 aromatic rings. The molecule has 2 aliphatic heterocycles. The fourth-order valence-electron chi connectivity index (χ4n) is 4.18. The quantitative estimate of drug-likeness (QED) is 0.695. The highest BCUT2D eigenvalue weighted by molar-refractivity contribution is 7.89. The van der Waals surface area contributed by atoms with E-state index < -0.39 is 15.9 Å². The molecular formula is C23H26ClN3O4S. The molecule has 0 aromatic heterocycles. The summed E-state index contributed by atoms with van der Waals surface area (Å²) in [4.78, 5) is 26.6. The molecule has 0 spiro atoms. The monoisotopic (exact) mass is 475 g/mol. The van der Waals surface area contributed by atoms with Gasteiger partial charge in [-0.1, -0.05) is 23.7 Å². The Hall–Kier alpha value is -2.42. The van der Waals surface area contributed by atoms with Gasteiger partial charge in [0.05, 0.1) is 10.8 Å². The van der Waals surface area contributed by atoms with Gasteiger partial charge >= 0.3 is 0 Å². The number of nitrogens with zero attached hydrogens (tertiary/aromatic N) is 2. The zero-order valence-corrected chi connectivity index (χ0v) is 19.2. The van der Waals surface area contributed by atoms with Crippen LogP contribution < -0.4 is 10.2 Å². The van der Waals surface area contributed by atoms with E-state index in [1.165, 1.54) is 16.4 Å². The molecular weight excluding hydrogens is 450 g/mol. The van der Waals surface area contributed by atoms with Crippen LogP contribution in [0.4, 0.5) is 5.69 Å². The second-order valence-electron chi connectivity index (χ2n) is 8.19. The number of hydrogen-bond donors (Lipinski definition) is 1. The van der Waals surface area contributed by atoms with E-state index in [0.717, 1.165) is 24.2 Å². The lowest BCUT2D eigenvalue weighted by Gasteiger charge is -2.31. The predicted octanol–water partition coefficient (Wildman–Crippen LogP) is 3.18. The standard InChI is InChI=1S/C23H26ClN3O4S/c24-19-7-11-21(12-8-19)32(30,31)26-13-1-3-18(16-26)23(29)25-15-17-5-9-20(10-6-17)27-14-2-4-22(27)28/h5-12,18H,1-4,13-16H2,(H,25,29). The number of carbonyl (C=O) groups excluding carboxylic acids is 2. The summed E-state index contributed by atoms with van der Waals surface area (Å²) in [5, 5.41) is 3.40. The third-order valence-corrected chi connectivity index (χ3v) is 8.13. The van der Waals surface area contributed by atoms with Gasteiger partial charge in [0.25, 0.3) is 0 Å². The summed E-state index contributed by atoms with van der Waals surface area (Å²) in [5.74, 6) is -0.409. The summed E-state index contributed by atoms with van der Waals surface area (Å²) in [6.45, 7) is 1.65. The zero-order chi connectivity index (χ0) is 22.7. The van der Waals surface area contributed by atoms with E-state index in [-0.39, 0.29) is 23.3 Å². The van der Waals surface area contributed by atoms with Gasteiger partial charge in [0.2, 0.25) is 21.8 Å². The summed E-state index contributed by atoms with van der Waals surface area (Å²) in [6.07, 6.45) is 2.74. The molecule has 2 aliphatic rings. The number of nitrogens with one attached hydrogen (secondary N) is 1. The lowest BCUT2D eigenvalue weighted by molar-refractivity contribution is -0.126. The van der Waals surface area contributed by atoms with Crippen molar-refractivity contribution in [2.75, 3.05) is 24.5 Å². The van der Waals surface area contributed by atoms with Crippen molar-refractivity contribution in [1.82, 2.24) is 9.62 Å². The molecule has 2 heterocycles. The van der Waals surface area contributed by atoms with Gasteiger partial charge in [0.1, 0.15) is 0 Å². The maximum atomic E-state index is 12.9. The Balaban J connectivity index is 1.34. The van der Waals surface area contributed by atoms with E-state index in [9.17, 15) is 18.0 Å². The fraction of sp³-hybridized carbons (Fsp3) is 0.391. The van der Waals surface area contributed by atoms with Gasteiger partial charge in [0.15, 0.2) is 0 Å². The number of benzene rings is 2. The van der Waals surface area contributed by atoms with Crippen LogP contribution in [0, 0.1) is 5.92 Å². The number of carbonyl (C=O) groups is 2. The van der Waals surface area contributed by atoms with Crippen molar-refractivity contribution in [2.45, 2.75) is 37.1 Å². The molecule has 0 radical (unpaired) electrons. The first kappa shape index (κ1) is 22.8. The van der Waals surface area contributed by atoms with Crippen LogP contribution in [-0.4, -0.2) is 44.2 Å². The second-order valence-corrected chi connectivity index (χ2v) is 10.6. The zero-order valence-electron chi connectivity index (χ0n) is 17.7.